The maximum Gasteiger partial charge on any atom is 0.0369 e. The second-order valence-electron chi connectivity index (χ2n) is 7.54. The first-order chi connectivity index (χ1) is 12.5. The Kier molecular flexibility index (Phi) is 5.66. The molecule has 0 spiro atoms. The molecular formula is C25H31N. The molecule has 1 aliphatic heterocycles. The van der Waals surface area contributed by atoms with E-state index in [1.54, 1.807) is 0 Å². The van der Waals surface area contributed by atoms with Crippen molar-refractivity contribution in [3.05, 3.63) is 82.9 Å². The van der Waals surface area contributed by atoms with Crippen LogP contribution in [-0.2, 0) is 6.42 Å². The third kappa shape index (κ3) is 3.77. The van der Waals surface area contributed by atoms with Crippen LogP contribution in [0.3, 0.4) is 0 Å². The van der Waals surface area contributed by atoms with Crippen LogP contribution in [0.2, 0.25) is 0 Å². The average Bonchev–Trinajstić information content (AvgIpc) is 2.68. The van der Waals surface area contributed by atoms with Gasteiger partial charge in [-0.2, -0.15) is 0 Å². The van der Waals surface area contributed by atoms with Gasteiger partial charge in [-0.3, -0.25) is 0 Å². The average molecular weight is 346 g/mol. The molecule has 1 heterocycles. The Morgan fingerprint density at radius 3 is 2.35 bits per heavy atom. The Balaban J connectivity index is 1.74. The monoisotopic (exact) mass is 345 g/mol. The molecule has 0 unspecified atom stereocenters. The molecule has 0 saturated carbocycles. The summed E-state index contributed by atoms with van der Waals surface area (Å²) in [6.45, 7) is 17.1. The van der Waals surface area contributed by atoms with Crippen molar-refractivity contribution in [2.24, 2.45) is 0 Å². The smallest absolute Gasteiger partial charge is 0.0369 e. The summed E-state index contributed by atoms with van der Waals surface area (Å²) in [4.78, 5) is 2.47. The zero-order valence-electron chi connectivity index (χ0n) is 16.5. The Labute approximate surface area is 159 Å². The van der Waals surface area contributed by atoms with Crippen molar-refractivity contribution in [1.82, 2.24) is 4.90 Å². The van der Waals surface area contributed by atoms with Gasteiger partial charge in [0.1, 0.15) is 0 Å². The van der Waals surface area contributed by atoms with Crippen LogP contribution in [-0.4, -0.2) is 18.0 Å². The van der Waals surface area contributed by atoms with Crippen LogP contribution in [0.25, 0.3) is 11.8 Å². The van der Waals surface area contributed by atoms with E-state index in [0.29, 0.717) is 5.92 Å². The van der Waals surface area contributed by atoms with Crippen LogP contribution in [0.1, 0.15) is 59.1 Å². The topological polar surface area (TPSA) is 3.24 Å². The lowest BCUT2D eigenvalue weighted by atomic mass is 9.88. The number of aryl methyl sites for hydroxylation is 3. The molecule has 0 N–H and O–H groups in total. The van der Waals surface area contributed by atoms with Gasteiger partial charge in [-0.25, -0.2) is 0 Å². The molecule has 1 nitrogen and oxygen atoms in total. The first kappa shape index (κ1) is 18.5. The second kappa shape index (κ2) is 7.95. The van der Waals surface area contributed by atoms with Gasteiger partial charge >= 0.3 is 0 Å². The number of likely N-dealkylation sites (tertiary alicyclic amines) is 1. The highest BCUT2D eigenvalue weighted by molar-refractivity contribution is 5.69. The minimum atomic E-state index is 0.673. The minimum Gasteiger partial charge on any atom is -0.371 e. The molecule has 1 heteroatoms. The highest BCUT2D eigenvalue weighted by atomic mass is 15.1. The lowest BCUT2D eigenvalue weighted by Crippen LogP contribution is -2.31. The van der Waals surface area contributed by atoms with Crippen molar-refractivity contribution >= 4 is 11.8 Å². The summed E-state index contributed by atoms with van der Waals surface area (Å²) in [6.07, 6.45) is 5.38. The molecule has 1 aliphatic rings. The van der Waals surface area contributed by atoms with E-state index in [2.05, 4.69) is 75.2 Å². The van der Waals surface area contributed by atoms with Crippen LogP contribution in [0.15, 0.2) is 49.6 Å². The molecule has 1 fully saturated rings. The van der Waals surface area contributed by atoms with E-state index < -0.39 is 0 Å². The summed E-state index contributed by atoms with van der Waals surface area (Å²) in [5.41, 5.74) is 9.19. The molecule has 0 amide bonds. The Morgan fingerprint density at radius 2 is 1.77 bits per heavy atom. The molecular weight excluding hydrogens is 314 g/mol. The van der Waals surface area contributed by atoms with Crippen LogP contribution in [0.5, 0.6) is 0 Å². The summed E-state index contributed by atoms with van der Waals surface area (Å²) in [5, 5.41) is 0. The zero-order chi connectivity index (χ0) is 18.7. The summed E-state index contributed by atoms with van der Waals surface area (Å²) in [6, 6.07) is 13.6. The Hall–Kier alpha value is -2.28. The molecule has 0 aromatic heterocycles. The van der Waals surface area contributed by atoms with Gasteiger partial charge in [0.05, 0.1) is 0 Å². The van der Waals surface area contributed by atoms with Crippen LogP contribution in [0.4, 0.5) is 0 Å². The van der Waals surface area contributed by atoms with Crippen molar-refractivity contribution in [1.29, 1.82) is 0 Å². The molecule has 3 rings (SSSR count). The number of nitrogens with zero attached hydrogens (tertiary/aromatic N) is 1. The van der Waals surface area contributed by atoms with Gasteiger partial charge in [0.25, 0.3) is 0 Å². The molecule has 26 heavy (non-hydrogen) atoms. The lowest BCUT2D eigenvalue weighted by Gasteiger charge is -2.36. The Morgan fingerprint density at radius 1 is 1.12 bits per heavy atom. The predicted molar refractivity (Wildman–Crippen MR) is 114 cm³/mol. The molecule has 0 atom stereocenters. The maximum atomic E-state index is 4.46. The van der Waals surface area contributed by atoms with Gasteiger partial charge in [0.15, 0.2) is 0 Å². The van der Waals surface area contributed by atoms with E-state index in [9.17, 15) is 0 Å². The van der Waals surface area contributed by atoms with E-state index in [1.807, 2.05) is 6.08 Å². The molecule has 0 radical (unpaired) electrons. The van der Waals surface area contributed by atoms with Gasteiger partial charge in [-0.05, 0) is 67.3 Å². The van der Waals surface area contributed by atoms with E-state index >= 15 is 0 Å². The molecule has 136 valence electrons. The normalized spacial score (nSPS) is 15.1. The van der Waals surface area contributed by atoms with Gasteiger partial charge in [-0.1, -0.05) is 62.1 Å². The minimum absolute atomic E-state index is 0.673. The third-order valence-corrected chi connectivity index (χ3v) is 5.83. The van der Waals surface area contributed by atoms with Gasteiger partial charge in [0, 0.05) is 24.4 Å². The zero-order valence-corrected chi connectivity index (χ0v) is 16.5. The third-order valence-electron chi connectivity index (χ3n) is 5.83. The second-order valence-corrected chi connectivity index (χ2v) is 7.54. The fourth-order valence-corrected chi connectivity index (χ4v) is 4.06. The predicted octanol–water partition coefficient (Wildman–Crippen LogP) is 6.36. The van der Waals surface area contributed by atoms with Crippen LogP contribution >= 0.6 is 0 Å². The van der Waals surface area contributed by atoms with Crippen LogP contribution in [0, 0.1) is 13.8 Å². The van der Waals surface area contributed by atoms with E-state index in [-0.39, 0.29) is 0 Å². The summed E-state index contributed by atoms with van der Waals surface area (Å²) >= 11 is 0. The van der Waals surface area contributed by atoms with Gasteiger partial charge < -0.3 is 4.90 Å². The summed E-state index contributed by atoms with van der Waals surface area (Å²) in [7, 11) is 0. The molecule has 2 aromatic rings. The molecule has 2 aromatic carbocycles. The first-order valence-corrected chi connectivity index (χ1v) is 9.80. The van der Waals surface area contributed by atoms with Gasteiger partial charge in [-0.15, -0.1) is 0 Å². The van der Waals surface area contributed by atoms with Crippen molar-refractivity contribution in [3.8, 4) is 0 Å². The van der Waals surface area contributed by atoms with E-state index in [4.69, 9.17) is 0 Å². The molecule has 1 saturated heterocycles. The SMILES string of the molecule is C=Cc1cc(C(=C)N2CCC(c3ccc(C)cc3)CC2)c(CC)cc1C. The lowest BCUT2D eigenvalue weighted by molar-refractivity contribution is 0.299. The standard InChI is InChI=1S/C25H31N/c1-6-21-17-25(22(7-2)16-19(21)4)20(5)26-14-12-24(13-15-26)23-10-8-18(3)9-11-23/h6,8-11,16-17,24H,1,5,7,12-15H2,2-4H3. The van der Waals surface area contributed by atoms with E-state index in [1.165, 1.54) is 51.9 Å². The first-order valence-electron chi connectivity index (χ1n) is 9.80. The van der Waals surface area contributed by atoms with Crippen molar-refractivity contribution in [3.63, 3.8) is 0 Å². The van der Waals surface area contributed by atoms with Gasteiger partial charge in [0.2, 0.25) is 0 Å². The quantitative estimate of drug-likeness (QED) is 0.609. The largest absolute Gasteiger partial charge is 0.371 e. The Bertz CT molecular complexity index is 790. The van der Waals surface area contributed by atoms with Crippen molar-refractivity contribution in [2.45, 2.75) is 46.0 Å². The number of benzene rings is 2. The summed E-state index contributed by atoms with van der Waals surface area (Å²) in [5.74, 6) is 0.673. The molecule has 0 bridgehead atoms. The van der Waals surface area contributed by atoms with Crippen LogP contribution < -0.4 is 0 Å². The van der Waals surface area contributed by atoms with Crippen molar-refractivity contribution < 1.29 is 0 Å². The van der Waals surface area contributed by atoms with Crippen molar-refractivity contribution in [2.75, 3.05) is 13.1 Å². The fourth-order valence-electron chi connectivity index (χ4n) is 4.06. The highest BCUT2D eigenvalue weighted by Gasteiger charge is 2.23. The highest BCUT2D eigenvalue weighted by Crippen LogP contribution is 2.33. The fraction of sp³-hybridized carbons (Fsp3) is 0.360. The summed E-state index contributed by atoms with van der Waals surface area (Å²) < 4.78 is 0. The number of rotatable bonds is 5. The maximum absolute atomic E-state index is 4.46. The number of hydrogen-bond acceptors (Lipinski definition) is 1. The molecule has 0 aliphatic carbocycles. The number of hydrogen-bond donors (Lipinski definition) is 0. The number of piperidine rings is 1. The van der Waals surface area contributed by atoms with E-state index in [0.717, 1.165) is 19.5 Å².